The molecule has 0 amide bonds. The van der Waals surface area contributed by atoms with Gasteiger partial charge in [0.15, 0.2) is 0 Å². The van der Waals surface area contributed by atoms with Crippen molar-refractivity contribution >= 4 is 11.6 Å². The Balaban J connectivity index is 2.38. The third-order valence-corrected chi connectivity index (χ3v) is 3.41. The lowest BCUT2D eigenvalue weighted by Crippen LogP contribution is -2.40. The van der Waals surface area contributed by atoms with Crippen LogP contribution in [0.3, 0.4) is 0 Å². The lowest BCUT2D eigenvalue weighted by atomic mass is 9.70. The van der Waals surface area contributed by atoms with Crippen molar-refractivity contribution in [2.24, 2.45) is 5.41 Å². The van der Waals surface area contributed by atoms with E-state index in [0.29, 0.717) is 25.7 Å². The Bertz CT molecular complexity index is 315. The van der Waals surface area contributed by atoms with Gasteiger partial charge in [-0.25, -0.2) is 0 Å². The first-order valence-electron chi connectivity index (χ1n) is 4.99. The van der Waals surface area contributed by atoms with E-state index in [1.54, 1.807) is 0 Å². The van der Waals surface area contributed by atoms with Crippen LogP contribution in [0.2, 0.25) is 0 Å². The second-order valence-electron chi connectivity index (χ2n) is 4.34. The Kier molecular flexibility index (Phi) is 1.95. The number of ketones is 2. The first-order chi connectivity index (χ1) is 6.56. The average Bonchev–Trinajstić information content (AvgIpc) is 2.41. The van der Waals surface area contributed by atoms with Crippen LogP contribution in [0.15, 0.2) is 24.3 Å². The zero-order chi connectivity index (χ0) is 10.3. The highest BCUT2D eigenvalue weighted by Crippen LogP contribution is 2.48. The number of carbonyl (C=O) groups excluding carboxylic acids is 2. The summed E-state index contributed by atoms with van der Waals surface area (Å²) in [4.78, 5) is 23.6. The van der Waals surface area contributed by atoms with Gasteiger partial charge in [0.2, 0.25) is 0 Å². The first kappa shape index (κ1) is 9.38. The molecule has 0 aliphatic heterocycles. The number of allylic oxidation sites excluding steroid dienone is 2. The minimum absolute atomic E-state index is 0.105. The third-order valence-electron chi connectivity index (χ3n) is 3.41. The van der Waals surface area contributed by atoms with E-state index in [2.05, 4.69) is 13.2 Å². The molecule has 2 nitrogen and oxygen atoms in total. The Morgan fingerprint density at radius 3 is 1.79 bits per heavy atom. The molecule has 0 aromatic heterocycles. The molecule has 2 saturated carbocycles. The molecule has 2 rings (SSSR count). The monoisotopic (exact) mass is 190 g/mol. The molecule has 0 aromatic carbocycles. The fraction of sp³-hybridized carbons (Fsp3) is 0.500. The lowest BCUT2D eigenvalue weighted by Gasteiger charge is -2.29. The van der Waals surface area contributed by atoms with E-state index in [1.807, 2.05) is 0 Å². The first-order valence-corrected chi connectivity index (χ1v) is 4.99. The highest BCUT2D eigenvalue weighted by molar-refractivity contribution is 6.10. The molecule has 0 bridgehead atoms. The van der Waals surface area contributed by atoms with Crippen molar-refractivity contribution in [2.45, 2.75) is 32.1 Å². The SMILES string of the molecule is C=C1CC2(CC1=C)C(=O)CCCC2=O. The predicted molar refractivity (Wildman–Crippen MR) is 53.8 cm³/mol. The maximum Gasteiger partial charge on any atom is 0.147 e. The van der Waals surface area contributed by atoms with Gasteiger partial charge in [-0.15, -0.1) is 0 Å². The summed E-state index contributed by atoms with van der Waals surface area (Å²) >= 11 is 0. The molecule has 14 heavy (non-hydrogen) atoms. The van der Waals surface area contributed by atoms with Crippen molar-refractivity contribution < 1.29 is 9.59 Å². The summed E-state index contributed by atoms with van der Waals surface area (Å²) in [6.45, 7) is 7.70. The Morgan fingerprint density at radius 1 is 0.929 bits per heavy atom. The maximum absolute atomic E-state index is 11.8. The van der Waals surface area contributed by atoms with Crippen LogP contribution >= 0.6 is 0 Å². The molecule has 0 saturated heterocycles. The highest BCUT2D eigenvalue weighted by Gasteiger charge is 2.50. The summed E-state index contributed by atoms with van der Waals surface area (Å²) in [6.07, 6.45) is 2.85. The molecule has 0 N–H and O–H groups in total. The topological polar surface area (TPSA) is 34.1 Å². The van der Waals surface area contributed by atoms with Crippen LogP contribution in [0.25, 0.3) is 0 Å². The Morgan fingerprint density at radius 2 is 1.36 bits per heavy atom. The largest absolute Gasteiger partial charge is 0.299 e. The van der Waals surface area contributed by atoms with E-state index in [4.69, 9.17) is 0 Å². The normalized spacial score (nSPS) is 26.3. The van der Waals surface area contributed by atoms with E-state index in [-0.39, 0.29) is 11.6 Å². The maximum atomic E-state index is 11.8. The third kappa shape index (κ3) is 1.10. The summed E-state index contributed by atoms with van der Waals surface area (Å²) in [6, 6.07) is 0. The molecular formula is C12H14O2. The number of carbonyl (C=O) groups is 2. The molecule has 74 valence electrons. The minimum Gasteiger partial charge on any atom is -0.299 e. The van der Waals surface area contributed by atoms with Crippen LogP contribution < -0.4 is 0 Å². The van der Waals surface area contributed by atoms with Crippen molar-refractivity contribution in [1.82, 2.24) is 0 Å². The quantitative estimate of drug-likeness (QED) is 0.549. The molecule has 0 aromatic rings. The van der Waals surface area contributed by atoms with Gasteiger partial charge < -0.3 is 0 Å². The van der Waals surface area contributed by atoms with E-state index < -0.39 is 5.41 Å². The van der Waals surface area contributed by atoms with Crippen LogP contribution in [0.5, 0.6) is 0 Å². The van der Waals surface area contributed by atoms with E-state index >= 15 is 0 Å². The molecular weight excluding hydrogens is 176 g/mol. The predicted octanol–water partition coefficient (Wildman–Crippen LogP) is 2.20. The zero-order valence-electron chi connectivity index (χ0n) is 8.27. The molecule has 0 atom stereocenters. The molecule has 2 aliphatic rings. The van der Waals surface area contributed by atoms with E-state index in [1.165, 1.54) is 0 Å². The summed E-state index contributed by atoms with van der Waals surface area (Å²) in [5.41, 5.74) is 1.02. The zero-order valence-corrected chi connectivity index (χ0v) is 8.27. The van der Waals surface area contributed by atoms with Crippen molar-refractivity contribution in [3.05, 3.63) is 24.3 Å². The number of rotatable bonds is 0. The van der Waals surface area contributed by atoms with E-state index in [9.17, 15) is 9.59 Å². The smallest absolute Gasteiger partial charge is 0.147 e. The van der Waals surface area contributed by atoms with Crippen LogP contribution in [0.1, 0.15) is 32.1 Å². The van der Waals surface area contributed by atoms with Gasteiger partial charge in [0.05, 0.1) is 5.41 Å². The van der Waals surface area contributed by atoms with Gasteiger partial charge in [0.25, 0.3) is 0 Å². The lowest BCUT2D eigenvalue weighted by molar-refractivity contribution is -0.143. The fourth-order valence-electron chi connectivity index (χ4n) is 2.48. The number of hydrogen-bond donors (Lipinski definition) is 0. The highest BCUT2D eigenvalue weighted by atomic mass is 16.2. The molecule has 0 unspecified atom stereocenters. The summed E-state index contributed by atoms with van der Waals surface area (Å²) < 4.78 is 0. The van der Waals surface area contributed by atoms with Crippen molar-refractivity contribution in [3.8, 4) is 0 Å². The molecule has 0 radical (unpaired) electrons. The van der Waals surface area contributed by atoms with Crippen molar-refractivity contribution in [2.75, 3.05) is 0 Å². The van der Waals surface area contributed by atoms with E-state index in [0.717, 1.165) is 17.6 Å². The van der Waals surface area contributed by atoms with Gasteiger partial charge in [-0.2, -0.15) is 0 Å². The van der Waals surface area contributed by atoms with Gasteiger partial charge >= 0.3 is 0 Å². The van der Waals surface area contributed by atoms with Gasteiger partial charge in [-0.1, -0.05) is 24.3 Å². The van der Waals surface area contributed by atoms with Gasteiger partial charge in [-0.3, -0.25) is 9.59 Å². The van der Waals surface area contributed by atoms with Gasteiger partial charge in [0, 0.05) is 12.8 Å². The second kappa shape index (κ2) is 2.91. The Hall–Kier alpha value is -1.18. The molecule has 2 heteroatoms. The van der Waals surface area contributed by atoms with Crippen molar-refractivity contribution in [3.63, 3.8) is 0 Å². The standard InChI is InChI=1S/C12H14O2/c1-8-6-12(7-9(8)2)10(13)4-3-5-11(12)14/h1-7H2. The van der Waals surface area contributed by atoms with Crippen LogP contribution in [0.4, 0.5) is 0 Å². The van der Waals surface area contributed by atoms with Crippen LogP contribution in [0, 0.1) is 5.41 Å². The van der Waals surface area contributed by atoms with Gasteiger partial charge in [-0.05, 0) is 19.3 Å². The second-order valence-corrected chi connectivity index (χ2v) is 4.34. The minimum atomic E-state index is -0.744. The summed E-state index contributed by atoms with van der Waals surface area (Å²) in [5.74, 6) is 0.210. The molecule has 0 heterocycles. The number of hydrogen-bond acceptors (Lipinski definition) is 2. The molecule has 2 fully saturated rings. The molecule has 2 aliphatic carbocycles. The summed E-state index contributed by atoms with van der Waals surface area (Å²) in [7, 11) is 0. The summed E-state index contributed by atoms with van der Waals surface area (Å²) in [5, 5.41) is 0. The fourth-order valence-corrected chi connectivity index (χ4v) is 2.48. The van der Waals surface area contributed by atoms with Crippen molar-refractivity contribution in [1.29, 1.82) is 0 Å². The average molecular weight is 190 g/mol. The number of Topliss-reactive ketones (excluding diaryl/α,β-unsaturated/α-hetero) is 2. The van der Waals surface area contributed by atoms with Crippen LogP contribution in [-0.4, -0.2) is 11.6 Å². The molecule has 1 spiro atoms. The van der Waals surface area contributed by atoms with Crippen LogP contribution in [-0.2, 0) is 9.59 Å². The Labute approximate surface area is 83.7 Å². The van der Waals surface area contributed by atoms with Gasteiger partial charge in [0.1, 0.15) is 11.6 Å².